The molecule has 1 aliphatic carbocycles. The van der Waals surface area contributed by atoms with Crippen LogP contribution in [-0.2, 0) is 17.6 Å². The van der Waals surface area contributed by atoms with Crippen molar-refractivity contribution < 1.29 is 9.21 Å². The Morgan fingerprint density at radius 3 is 3.08 bits per heavy atom. The summed E-state index contributed by atoms with van der Waals surface area (Å²) in [5, 5.41) is 3.05. The van der Waals surface area contributed by atoms with Gasteiger partial charge in [-0.05, 0) is 60.9 Å². The molecule has 0 aliphatic heterocycles. The van der Waals surface area contributed by atoms with Crippen LogP contribution in [0.5, 0.6) is 0 Å². The molecule has 26 heavy (non-hydrogen) atoms. The summed E-state index contributed by atoms with van der Waals surface area (Å²) in [5.41, 5.74) is 5.65. The van der Waals surface area contributed by atoms with Gasteiger partial charge in [-0.25, -0.2) is 4.98 Å². The van der Waals surface area contributed by atoms with E-state index in [1.54, 1.807) is 0 Å². The SMILES string of the molecule is Cc1ccc2nc(CCCNC(=O)CC3CCc4ccccc43)oc2c1. The minimum absolute atomic E-state index is 0.139. The Hall–Kier alpha value is -2.62. The Labute approximate surface area is 153 Å². The number of oxazole rings is 1. The molecule has 1 aromatic heterocycles. The molecule has 1 N–H and O–H groups in total. The number of aromatic nitrogens is 1. The van der Waals surface area contributed by atoms with Crippen LogP contribution in [0.2, 0.25) is 0 Å². The van der Waals surface area contributed by atoms with Crippen LogP contribution in [0.3, 0.4) is 0 Å². The van der Waals surface area contributed by atoms with Crippen molar-refractivity contribution in [1.29, 1.82) is 0 Å². The molecule has 134 valence electrons. The van der Waals surface area contributed by atoms with Crippen molar-refractivity contribution in [3.8, 4) is 0 Å². The van der Waals surface area contributed by atoms with Gasteiger partial charge in [-0.3, -0.25) is 4.79 Å². The van der Waals surface area contributed by atoms with Crippen molar-refractivity contribution in [3.63, 3.8) is 0 Å². The van der Waals surface area contributed by atoms with Gasteiger partial charge in [-0.15, -0.1) is 0 Å². The smallest absolute Gasteiger partial charge is 0.220 e. The fourth-order valence-electron chi connectivity index (χ4n) is 3.81. The van der Waals surface area contributed by atoms with Crippen LogP contribution in [0, 0.1) is 6.92 Å². The van der Waals surface area contributed by atoms with Crippen LogP contribution in [0.15, 0.2) is 46.9 Å². The van der Waals surface area contributed by atoms with Crippen LogP contribution in [0.1, 0.15) is 47.8 Å². The minimum atomic E-state index is 0.139. The Balaban J connectivity index is 1.24. The predicted octanol–water partition coefficient (Wildman–Crippen LogP) is 4.31. The topological polar surface area (TPSA) is 55.1 Å². The van der Waals surface area contributed by atoms with Gasteiger partial charge in [0, 0.05) is 19.4 Å². The molecule has 1 aliphatic rings. The number of fused-ring (bicyclic) bond motifs is 2. The highest BCUT2D eigenvalue weighted by molar-refractivity contribution is 5.77. The molecular formula is C22H24N2O2. The number of rotatable bonds is 6. The van der Waals surface area contributed by atoms with E-state index in [-0.39, 0.29) is 5.91 Å². The van der Waals surface area contributed by atoms with Gasteiger partial charge in [0.05, 0.1) is 0 Å². The average molecular weight is 348 g/mol. The number of hydrogen-bond donors (Lipinski definition) is 1. The summed E-state index contributed by atoms with van der Waals surface area (Å²) in [6, 6.07) is 14.5. The Kier molecular flexibility index (Phi) is 4.74. The van der Waals surface area contributed by atoms with Crippen LogP contribution in [0.4, 0.5) is 0 Å². The van der Waals surface area contributed by atoms with Crippen molar-refractivity contribution >= 4 is 17.0 Å². The van der Waals surface area contributed by atoms with Crippen LogP contribution >= 0.6 is 0 Å². The number of carbonyl (C=O) groups excluding carboxylic acids is 1. The number of benzene rings is 2. The van der Waals surface area contributed by atoms with Crippen molar-refractivity contribution in [3.05, 3.63) is 65.0 Å². The minimum Gasteiger partial charge on any atom is -0.441 e. The van der Waals surface area contributed by atoms with Gasteiger partial charge in [-0.2, -0.15) is 0 Å². The third-order valence-corrected chi connectivity index (χ3v) is 5.17. The number of aryl methyl sites for hydroxylation is 3. The van der Waals surface area contributed by atoms with Crippen LogP contribution < -0.4 is 5.32 Å². The number of carbonyl (C=O) groups is 1. The maximum absolute atomic E-state index is 12.2. The largest absolute Gasteiger partial charge is 0.441 e. The lowest BCUT2D eigenvalue weighted by Gasteiger charge is -2.11. The molecule has 1 amide bonds. The molecule has 1 unspecified atom stereocenters. The van der Waals surface area contributed by atoms with E-state index in [0.717, 1.165) is 42.7 Å². The lowest BCUT2D eigenvalue weighted by Crippen LogP contribution is -2.26. The Bertz CT molecular complexity index is 929. The number of nitrogens with zero attached hydrogens (tertiary/aromatic N) is 1. The summed E-state index contributed by atoms with van der Waals surface area (Å²) in [4.78, 5) is 16.7. The van der Waals surface area contributed by atoms with E-state index < -0.39 is 0 Å². The summed E-state index contributed by atoms with van der Waals surface area (Å²) in [6.45, 7) is 2.70. The van der Waals surface area contributed by atoms with Gasteiger partial charge < -0.3 is 9.73 Å². The lowest BCUT2D eigenvalue weighted by atomic mass is 9.97. The first-order valence-corrected chi connectivity index (χ1v) is 9.39. The average Bonchev–Trinajstić information content (AvgIpc) is 3.22. The quantitative estimate of drug-likeness (QED) is 0.676. The third-order valence-electron chi connectivity index (χ3n) is 5.17. The second-order valence-corrected chi connectivity index (χ2v) is 7.17. The van der Waals surface area contributed by atoms with E-state index in [1.807, 2.05) is 25.1 Å². The molecule has 0 spiro atoms. The Morgan fingerprint density at radius 1 is 1.27 bits per heavy atom. The fraction of sp³-hybridized carbons (Fsp3) is 0.364. The first-order chi connectivity index (χ1) is 12.7. The molecule has 3 aromatic rings. The first kappa shape index (κ1) is 16.8. The lowest BCUT2D eigenvalue weighted by molar-refractivity contribution is -0.121. The standard InChI is InChI=1S/C22H24N2O2/c1-15-8-11-19-20(13-15)26-22(24-19)7-4-12-23-21(25)14-17-10-9-16-5-2-3-6-18(16)17/h2-3,5-6,8,11,13,17H,4,7,9-10,12,14H2,1H3,(H,23,25). The monoisotopic (exact) mass is 348 g/mol. The molecular weight excluding hydrogens is 324 g/mol. The van der Waals surface area contributed by atoms with Gasteiger partial charge in [0.25, 0.3) is 0 Å². The van der Waals surface area contributed by atoms with Gasteiger partial charge in [-0.1, -0.05) is 30.3 Å². The number of nitrogens with one attached hydrogen (secondary N) is 1. The molecule has 0 saturated heterocycles. The van der Waals surface area contributed by atoms with E-state index in [9.17, 15) is 4.79 Å². The molecule has 4 rings (SSSR count). The molecule has 0 bridgehead atoms. The predicted molar refractivity (Wildman–Crippen MR) is 102 cm³/mol. The van der Waals surface area contributed by atoms with Gasteiger partial charge in [0.1, 0.15) is 5.52 Å². The summed E-state index contributed by atoms with van der Waals surface area (Å²) in [6.07, 6.45) is 4.32. The number of amides is 1. The van der Waals surface area contributed by atoms with E-state index in [1.165, 1.54) is 16.7 Å². The van der Waals surface area contributed by atoms with Crippen molar-refractivity contribution in [2.24, 2.45) is 0 Å². The molecule has 4 heteroatoms. The second-order valence-electron chi connectivity index (χ2n) is 7.17. The van der Waals surface area contributed by atoms with E-state index in [0.29, 0.717) is 18.9 Å². The molecule has 1 heterocycles. The van der Waals surface area contributed by atoms with Crippen molar-refractivity contribution in [2.75, 3.05) is 6.54 Å². The Morgan fingerprint density at radius 2 is 2.15 bits per heavy atom. The summed E-state index contributed by atoms with van der Waals surface area (Å²) >= 11 is 0. The third kappa shape index (κ3) is 3.64. The molecule has 0 fully saturated rings. The molecule has 0 saturated carbocycles. The summed E-state index contributed by atoms with van der Waals surface area (Å²) in [7, 11) is 0. The van der Waals surface area contributed by atoms with Gasteiger partial charge >= 0.3 is 0 Å². The zero-order valence-corrected chi connectivity index (χ0v) is 15.1. The van der Waals surface area contributed by atoms with Crippen molar-refractivity contribution in [1.82, 2.24) is 10.3 Å². The molecule has 0 radical (unpaired) electrons. The molecule has 2 aromatic carbocycles. The van der Waals surface area contributed by atoms with E-state index in [2.05, 4.69) is 34.6 Å². The number of hydrogen-bond acceptors (Lipinski definition) is 3. The summed E-state index contributed by atoms with van der Waals surface area (Å²) < 4.78 is 5.78. The van der Waals surface area contributed by atoms with Crippen molar-refractivity contribution in [2.45, 2.75) is 44.9 Å². The molecule has 4 nitrogen and oxygen atoms in total. The van der Waals surface area contributed by atoms with Crippen LogP contribution in [0.25, 0.3) is 11.1 Å². The van der Waals surface area contributed by atoms with Gasteiger partial charge in [0.15, 0.2) is 11.5 Å². The highest BCUT2D eigenvalue weighted by atomic mass is 16.3. The highest BCUT2D eigenvalue weighted by Crippen LogP contribution is 2.35. The van der Waals surface area contributed by atoms with Crippen LogP contribution in [-0.4, -0.2) is 17.4 Å². The maximum atomic E-state index is 12.2. The maximum Gasteiger partial charge on any atom is 0.220 e. The first-order valence-electron chi connectivity index (χ1n) is 9.39. The second kappa shape index (κ2) is 7.32. The highest BCUT2D eigenvalue weighted by Gasteiger charge is 2.23. The zero-order valence-electron chi connectivity index (χ0n) is 15.1. The zero-order chi connectivity index (χ0) is 17.9. The normalized spacial score (nSPS) is 16.0. The summed E-state index contributed by atoms with van der Waals surface area (Å²) in [5.74, 6) is 1.25. The van der Waals surface area contributed by atoms with E-state index in [4.69, 9.17) is 4.42 Å². The molecule has 1 atom stereocenters. The van der Waals surface area contributed by atoms with E-state index >= 15 is 0 Å². The fourth-order valence-corrected chi connectivity index (χ4v) is 3.81. The van der Waals surface area contributed by atoms with Gasteiger partial charge in [0.2, 0.25) is 5.91 Å².